The lowest BCUT2D eigenvalue weighted by atomic mass is 10.3. The number of rotatable bonds is 4. The van der Waals surface area contributed by atoms with Gasteiger partial charge in [-0.25, -0.2) is 9.48 Å². The highest BCUT2D eigenvalue weighted by atomic mass is 79.9. The summed E-state index contributed by atoms with van der Waals surface area (Å²) in [4.78, 5) is 11.8. The Labute approximate surface area is 118 Å². The number of aryl methyl sites for hydroxylation is 1. The molecule has 1 heterocycles. The van der Waals surface area contributed by atoms with Crippen molar-refractivity contribution in [3.05, 3.63) is 34.4 Å². The maximum atomic E-state index is 11.8. The van der Waals surface area contributed by atoms with Gasteiger partial charge in [-0.05, 0) is 31.2 Å². The Morgan fingerprint density at radius 2 is 2.05 bits per heavy atom. The number of hydrogen-bond acceptors (Lipinski definition) is 5. The van der Waals surface area contributed by atoms with E-state index in [1.165, 1.54) is 4.68 Å². The summed E-state index contributed by atoms with van der Waals surface area (Å²) in [5.41, 5.74) is 0.185. The van der Waals surface area contributed by atoms with Crippen molar-refractivity contribution in [3.8, 4) is 11.6 Å². The lowest BCUT2D eigenvalue weighted by Crippen LogP contribution is -2.11. The number of nitrogens with zero attached hydrogens (tertiary/aromatic N) is 3. The third kappa shape index (κ3) is 3.11. The van der Waals surface area contributed by atoms with Gasteiger partial charge in [-0.2, -0.15) is 0 Å². The van der Waals surface area contributed by atoms with Crippen LogP contribution in [0.4, 0.5) is 0 Å². The normalized spacial score (nSPS) is 10.3. The number of aromatic nitrogens is 3. The monoisotopic (exact) mass is 325 g/mol. The number of esters is 1. The standard InChI is InChI=1S/C12H12BrN3O3/c1-3-18-12(17)10-11(14-15-16(10)2)19-9-6-4-8(13)5-7-9/h4-7H,3H2,1-2H3. The van der Waals surface area contributed by atoms with E-state index in [0.29, 0.717) is 5.75 Å². The van der Waals surface area contributed by atoms with E-state index in [-0.39, 0.29) is 18.2 Å². The Hall–Kier alpha value is -1.89. The van der Waals surface area contributed by atoms with Crippen LogP contribution in [-0.2, 0) is 11.8 Å². The highest BCUT2D eigenvalue weighted by Crippen LogP contribution is 2.24. The molecule has 0 bridgehead atoms. The molecule has 1 aromatic heterocycles. The van der Waals surface area contributed by atoms with Crippen LogP contribution in [0.2, 0.25) is 0 Å². The van der Waals surface area contributed by atoms with Gasteiger partial charge in [0.1, 0.15) is 5.75 Å². The van der Waals surface area contributed by atoms with Crippen molar-refractivity contribution in [3.63, 3.8) is 0 Å². The van der Waals surface area contributed by atoms with Crippen LogP contribution in [0.3, 0.4) is 0 Å². The fourth-order valence-corrected chi connectivity index (χ4v) is 1.70. The van der Waals surface area contributed by atoms with Gasteiger partial charge in [0.25, 0.3) is 5.88 Å². The van der Waals surface area contributed by atoms with Crippen molar-refractivity contribution in [2.45, 2.75) is 6.92 Å². The van der Waals surface area contributed by atoms with Gasteiger partial charge >= 0.3 is 5.97 Å². The topological polar surface area (TPSA) is 66.2 Å². The highest BCUT2D eigenvalue weighted by Gasteiger charge is 2.21. The maximum absolute atomic E-state index is 11.8. The molecule has 0 atom stereocenters. The lowest BCUT2D eigenvalue weighted by Gasteiger charge is -2.05. The number of carbonyl (C=O) groups is 1. The van der Waals surface area contributed by atoms with Gasteiger partial charge in [-0.1, -0.05) is 26.2 Å². The molecule has 0 fully saturated rings. The Morgan fingerprint density at radius 1 is 1.37 bits per heavy atom. The van der Waals surface area contributed by atoms with Crippen LogP contribution >= 0.6 is 15.9 Å². The second-order valence-corrected chi connectivity index (χ2v) is 4.56. The van der Waals surface area contributed by atoms with Crippen LogP contribution in [0.1, 0.15) is 17.4 Å². The summed E-state index contributed by atoms with van der Waals surface area (Å²) in [5, 5.41) is 7.58. The smallest absolute Gasteiger partial charge is 0.362 e. The van der Waals surface area contributed by atoms with Crippen LogP contribution < -0.4 is 4.74 Å². The summed E-state index contributed by atoms with van der Waals surface area (Å²) in [6.07, 6.45) is 0. The summed E-state index contributed by atoms with van der Waals surface area (Å²) < 4.78 is 12.7. The highest BCUT2D eigenvalue weighted by molar-refractivity contribution is 9.10. The Kier molecular flexibility index (Phi) is 4.16. The van der Waals surface area contributed by atoms with Crippen molar-refractivity contribution in [1.29, 1.82) is 0 Å². The summed E-state index contributed by atoms with van der Waals surface area (Å²) in [6, 6.07) is 7.17. The number of halogens is 1. The second-order valence-electron chi connectivity index (χ2n) is 3.64. The van der Waals surface area contributed by atoms with Crippen LogP contribution in [-0.4, -0.2) is 27.6 Å². The van der Waals surface area contributed by atoms with Gasteiger partial charge in [-0.15, -0.1) is 0 Å². The molecule has 0 saturated carbocycles. The van der Waals surface area contributed by atoms with E-state index in [0.717, 1.165) is 4.47 Å². The van der Waals surface area contributed by atoms with Crippen molar-refractivity contribution in [2.24, 2.45) is 7.05 Å². The van der Waals surface area contributed by atoms with E-state index < -0.39 is 5.97 Å². The fraction of sp³-hybridized carbons (Fsp3) is 0.250. The molecule has 0 aliphatic carbocycles. The Balaban J connectivity index is 2.25. The minimum absolute atomic E-state index is 0.128. The van der Waals surface area contributed by atoms with Gasteiger partial charge in [0.2, 0.25) is 5.69 Å². The molecule has 100 valence electrons. The molecule has 0 amide bonds. The van der Waals surface area contributed by atoms with Crippen molar-refractivity contribution < 1.29 is 14.3 Å². The van der Waals surface area contributed by atoms with Crippen LogP contribution in [0.15, 0.2) is 28.7 Å². The van der Waals surface area contributed by atoms with E-state index >= 15 is 0 Å². The summed E-state index contributed by atoms with van der Waals surface area (Å²) in [6.45, 7) is 2.01. The molecule has 2 aromatic rings. The largest absolute Gasteiger partial charge is 0.461 e. The molecule has 2 rings (SSSR count). The van der Waals surface area contributed by atoms with Crippen LogP contribution in [0.5, 0.6) is 11.6 Å². The minimum atomic E-state index is -0.512. The molecule has 1 aromatic carbocycles. The molecule has 0 N–H and O–H groups in total. The zero-order chi connectivity index (χ0) is 13.8. The van der Waals surface area contributed by atoms with Crippen LogP contribution in [0.25, 0.3) is 0 Å². The van der Waals surface area contributed by atoms with Gasteiger partial charge in [0.05, 0.1) is 6.61 Å². The van der Waals surface area contributed by atoms with E-state index in [1.807, 2.05) is 12.1 Å². The fourth-order valence-electron chi connectivity index (χ4n) is 1.44. The van der Waals surface area contributed by atoms with E-state index in [1.54, 1.807) is 26.1 Å². The van der Waals surface area contributed by atoms with Crippen LogP contribution in [0, 0.1) is 0 Å². The summed E-state index contributed by atoms with van der Waals surface area (Å²) >= 11 is 3.33. The quantitative estimate of drug-likeness (QED) is 0.808. The summed E-state index contributed by atoms with van der Waals surface area (Å²) in [7, 11) is 1.60. The van der Waals surface area contributed by atoms with E-state index in [9.17, 15) is 4.79 Å². The van der Waals surface area contributed by atoms with Crippen molar-refractivity contribution >= 4 is 21.9 Å². The first kappa shape index (κ1) is 13.5. The Bertz CT molecular complexity index is 580. The first-order valence-electron chi connectivity index (χ1n) is 5.62. The van der Waals surface area contributed by atoms with Gasteiger partial charge < -0.3 is 9.47 Å². The number of ether oxygens (including phenoxy) is 2. The molecule has 6 nitrogen and oxygen atoms in total. The molecule has 0 spiro atoms. The summed E-state index contributed by atoms with van der Waals surface area (Å²) in [5.74, 6) is 0.180. The molecular weight excluding hydrogens is 314 g/mol. The third-order valence-corrected chi connectivity index (χ3v) is 2.82. The molecular formula is C12H12BrN3O3. The average Bonchev–Trinajstić information content (AvgIpc) is 2.74. The molecule has 0 unspecified atom stereocenters. The predicted octanol–water partition coefficient (Wildman–Crippen LogP) is 2.55. The Morgan fingerprint density at radius 3 is 2.68 bits per heavy atom. The zero-order valence-electron chi connectivity index (χ0n) is 10.5. The first-order valence-corrected chi connectivity index (χ1v) is 6.41. The predicted molar refractivity (Wildman–Crippen MR) is 71.2 cm³/mol. The van der Waals surface area contributed by atoms with Gasteiger partial charge in [0, 0.05) is 11.5 Å². The first-order chi connectivity index (χ1) is 9.11. The SMILES string of the molecule is CCOC(=O)c1c(Oc2ccc(Br)cc2)nnn1C. The third-order valence-electron chi connectivity index (χ3n) is 2.29. The molecule has 0 aliphatic rings. The van der Waals surface area contributed by atoms with Crippen molar-refractivity contribution in [2.75, 3.05) is 6.61 Å². The number of carbonyl (C=O) groups excluding carboxylic acids is 1. The van der Waals surface area contributed by atoms with Gasteiger partial charge in [0.15, 0.2) is 0 Å². The number of hydrogen-bond donors (Lipinski definition) is 0. The minimum Gasteiger partial charge on any atom is -0.461 e. The van der Waals surface area contributed by atoms with Gasteiger partial charge in [-0.3, -0.25) is 0 Å². The average molecular weight is 326 g/mol. The van der Waals surface area contributed by atoms with E-state index in [2.05, 4.69) is 26.2 Å². The molecule has 7 heteroatoms. The molecule has 0 radical (unpaired) electrons. The second kappa shape index (κ2) is 5.83. The molecule has 0 aliphatic heterocycles. The zero-order valence-corrected chi connectivity index (χ0v) is 12.0. The maximum Gasteiger partial charge on any atom is 0.362 e. The van der Waals surface area contributed by atoms with Crippen molar-refractivity contribution in [1.82, 2.24) is 15.0 Å². The molecule has 0 saturated heterocycles. The number of benzene rings is 1. The molecule has 19 heavy (non-hydrogen) atoms. The van der Waals surface area contributed by atoms with E-state index in [4.69, 9.17) is 9.47 Å². The lowest BCUT2D eigenvalue weighted by molar-refractivity contribution is 0.0510.